The van der Waals surface area contributed by atoms with Crippen molar-refractivity contribution in [3.8, 4) is 0 Å². The lowest BCUT2D eigenvalue weighted by Crippen LogP contribution is -2.27. The zero-order valence-corrected chi connectivity index (χ0v) is 8.06. The lowest BCUT2D eigenvalue weighted by molar-refractivity contribution is -0.136. The van der Waals surface area contributed by atoms with Gasteiger partial charge in [-0.2, -0.15) is 0 Å². The first-order chi connectivity index (χ1) is 6.52. The maximum atomic E-state index is 11.0. The molecule has 1 aliphatic rings. The Kier molecular flexibility index (Phi) is 3.43. The predicted molar refractivity (Wildman–Crippen MR) is 50.5 cm³/mol. The van der Waals surface area contributed by atoms with Crippen molar-refractivity contribution in [2.75, 3.05) is 6.61 Å². The van der Waals surface area contributed by atoms with Gasteiger partial charge in [0.1, 0.15) is 12.7 Å². The van der Waals surface area contributed by atoms with Crippen molar-refractivity contribution in [3.63, 3.8) is 0 Å². The molecule has 0 unspecified atom stereocenters. The number of carbonyl (C=O) groups is 1. The number of rotatable bonds is 4. The van der Waals surface area contributed by atoms with Crippen molar-refractivity contribution >= 4 is 5.97 Å². The molecular formula is C10H14O4. The molecule has 14 heavy (non-hydrogen) atoms. The highest BCUT2D eigenvalue weighted by Crippen LogP contribution is 2.17. The van der Waals surface area contributed by atoms with Crippen LogP contribution in [0.25, 0.3) is 0 Å². The van der Waals surface area contributed by atoms with Crippen LogP contribution in [0.4, 0.5) is 0 Å². The third-order valence-electron chi connectivity index (χ3n) is 2.10. The number of ether oxygens (including phenoxy) is 1. The van der Waals surface area contributed by atoms with Crippen LogP contribution in [0.15, 0.2) is 23.8 Å². The summed E-state index contributed by atoms with van der Waals surface area (Å²) in [5.41, 5.74) is 0.891. The van der Waals surface area contributed by atoms with E-state index in [4.69, 9.17) is 0 Å². The minimum absolute atomic E-state index is 0.104. The number of hydrogen-bond acceptors (Lipinski definition) is 4. The fraction of sp³-hybridized carbons (Fsp3) is 0.500. The maximum Gasteiger partial charge on any atom is 0.334 e. The molecule has 1 aliphatic heterocycles. The van der Waals surface area contributed by atoms with Gasteiger partial charge >= 0.3 is 5.97 Å². The van der Waals surface area contributed by atoms with Gasteiger partial charge < -0.3 is 14.9 Å². The highest BCUT2D eigenvalue weighted by molar-refractivity contribution is 5.90. The van der Waals surface area contributed by atoms with E-state index in [1.54, 1.807) is 13.0 Å². The van der Waals surface area contributed by atoms with Gasteiger partial charge in [0.15, 0.2) is 0 Å². The Hall–Kier alpha value is -1.13. The number of hydrogen-bond donors (Lipinski definition) is 2. The van der Waals surface area contributed by atoms with Crippen molar-refractivity contribution in [2.24, 2.45) is 0 Å². The van der Waals surface area contributed by atoms with Crippen LogP contribution in [0.3, 0.4) is 0 Å². The zero-order chi connectivity index (χ0) is 10.7. The molecule has 0 radical (unpaired) electrons. The summed E-state index contributed by atoms with van der Waals surface area (Å²) < 4.78 is 4.66. The third-order valence-corrected chi connectivity index (χ3v) is 2.10. The average molecular weight is 198 g/mol. The van der Waals surface area contributed by atoms with Gasteiger partial charge in [-0.05, 0) is 18.6 Å². The Balaban J connectivity index is 2.52. The van der Waals surface area contributed by atoms with Crippen LogP contribution in [0.5, 0.6) is 0 Å². The lowest BCUT2D eigenvalue weighted by atomic mass is 10.0. The summed E-state index contributed by atoms with van der Waals surface area (Å²) in [6, 6.07) is 0. The Morgan fingerprint density at radius 2 is 2.36 bits per heavy atom. The molecule has 0 aromatic rings. The number of aliphatic hydroxyl groups is 2. The van der Waals surface area contributed by atoms with Gasteiger partial charge in [0.05, 0.1) is 6.10 Å². The molecule has 0 amide bonds. The van der Waals surface area contributed by atoms with E-state index >= 15 is 0 Å². The SMILES string of the molecule is C=C(C)[C@@H](O)[C@@H](O)CC1=CCOC1=O. The van der Waals surface area contributed by atoms with Crippen LogP contribution in [-0.2, 0) is 9.53 Å². The van der Waals surface area contributed by atoms with E-state index in [2.05, 4.69) is 11.3 Å². The summed E-state index contributed by atoms with van der Waals surface area (Å²) in [4.78, 5) is 11.0. The van der Waals surface area contributed by atoms with E-state index in [-0.39, 0.29) is 13.0 Å². The predicted octanol–water partition coefficient (Wildman–Crippen LogP) is 0.158. The molecule has 0 spiro atoms. The van der Waals surface area contributed by atoms with Crippen LogP contribution in [-0.4, -0.2) is 35.0 Å². The molecule has 0 aromatic heterocycles. The van der Waals surface area contributed by atoms with Gasteiger partial charge in [-0.25, -0.2) is 4.79 Å². The monoisotopic (exact) mass is 198 g/mol. The second kappa shape index (κ2) is 4.39. The van der Waals surface area contributed by atoms with Crippen LogP contribution < -0.4 is 0 Å². The van der Waals surface area contributed by atoms with Crippen LogP contribution in [0, 0.1) is 0 Å². The molecule has 0 bridgehead atoms. The minimum atomic E-state index is -0.996. The van der Waals surface area contributed by atoms with Crippen LogP contribution in [0.2, 0.25) is 0 Å². The molecule has 0 fully saturated rings. The normalized spacial score (nSPS) is 19.9. The fourth-order valence-corrected chi connectivity index (χ4v) is 1.23. The van der Waals surface area contributed by atoms with Gasteiger partial charge in [0.25, 0.3) is 0 Å². The minimum Gasteiger partial charge on any atom is -0.458 e. The first-order valence-corrected chi connectivity index (χ1v) is 4.40. The molecule has 2 N–H and O–H groups in total. The van der Waals surface area contributed by atoms with E-state index in [0.717, 1.165) is 0 Å². The van der Waals surface area contributed by atoms with Gasteiger partial charge in [-0.3, -0.25) is 0 Å². The lowest BCUT2D eigenvalue weighted by Gasteiger charge is -2.17. The third kappa shape index (κ3) is 2.43. The van der Waals surface area contributed by atoms with E-state index in [9.17, 15) is 15.0 Å². The molecule has 1 rings (SSSR count). The summed E-state index contributed by atoms with van der Waals surface area (Å²) in [5.74, 6) is -0.419. The maximum absolute atomic E-state index is 11.0. The first kappa shape index (κ1) is 10.9. The summed E-state index contributed by atoms with van der Waals surface area (Å²) >= 11 is 0. The Labute approximate surface area is 82.5 Å². The number of carbonyl (C=O) groups excluding carboxylic acids is 1. The van der Waals surface area contributed by atoms with Crippen molar-refractivity contribution in [2.45, 2.75) is 25.6 Å². The highest BCUT2D eigenvalue weighted by atomic mass is 16.5. The Morgan fingerprint density at radius 3 is 2.79 bits per heavy atom. The van der Waals surface area contributed by atoms with Gasteiger partial charge in [0, 0.05) is 12.0 Å². The van der Waals surface area contributed by atoms with Gasteiger partial charge in [-0.15, -0.1) is 0 Å². The number of cyclic esters (lactones) is 1. The molecule has 0 saturated carbocycles. The fourth-order valence-electron chi connectivity index (χ4n) is 1.23. The second-order valence-corrected chi connectivity index (χ2v) is 3.39. The van der Waals surface area contributed by atoms with Gasteiger partial charge in [-0.1, -0.05) is 6.58 Å². The van der Waals surface area contributed by atoms with Crippen LogP contribution in [0.1, 0.15) is 13.3 Å². The van der Waals surface area contributed by atoms with E-state index in [1.807, 2.05) is 0 Å². The van der Waals surface area contributed by atoms with Crippen molar-refractivity contribution in [1.29, 1.82) is 0 Å². The topological polar surface area (TPSA) is 66.8 Å². The van der Waals surface area contributed by atoms with Crippen molar-refractivity contribution in [1.82, 2.24) is 0 Å². The Bertz CT molecular complexity index is 280. The molecule has 1 heterocycles. The van der Waals surface area contributed by atoms with Crippen molar-refractivity contribution in [3.05, 3.63) is 23.8 Å². The molecule has 4 nitrogen and oxygen atoms in total. The quantitative estimate of drug-likeness (QED) is 0.498. The standard InChI is InChI=1S/C10H14O4/c1-6(2)9(12)8(11)5-7-3-4-14-10(7)13/h3,8-9,11-12H,1,4-5H2,2H3/t8-,9+/m0/s1. The highest BCUT2D eigenvalue weighted by Gasteiger charge is 2.24. The first-order valence-electron chi connectivity index (χ1n) is 4.40. The smallest absolute Gasteiger partial charge is 0.334 e. The molecular weight excluding hydrogens is 184 g/mol. The Morgan fingerprint density at radius 1 is 1.71 bits per heavy atom. The summed E-state index contributed by atoms with van der Waals surface area (Å²) in [7, 11) is 0. The summed E-state index contributed by atoms with van der Waals surface area (Å²) in [6.07, 6.45) is -0.280. The van der Waals surface area contributed by atoms with Crippen LogP contribution >= 0.6 is 0 Å². The van der Waals surface area contributed by atoms with Crippen molar-refractivity contribution < 1.29 is 19.7 Å². The number of aliphatic hydroxyl groups excluding tert-OH is 2. The molecule has 78 valence electrons. The molecule has 2 atom stereocenters. The summed E-state index contributed by atoms with van der Waals surface area (Å²) in [6.45, 7) is 5.40. The second-order valence-electron chi connectivity index (χ2n) is 3.39. The largest absolute Gasteiger partial charge is 0.458 e. The molecule has 4 heteroatoms. The van der Waals surface area contributed by atoms with E-state index < -0.39 is 18.2 Å². The molecule has 0 aliphatic carbocycles. The number of esters is 1. The molecule has 0 aromatic carbocycles. The summed E-state index contributed by atoms with van der Waals surface area (Å²) in [5, 5.41) is 18.9. The van der Waals surface area contributed by atoms with Gasteiger partial charge in [0.2, 0.25) is 0 Å². The zero-order valence-electron chi connectivity index (χ0n) is 8.06. The molecule has 0 saturated heterocycles. The van der Waals surface area contributed by atoms with E-state index in [0.29, 0.717) is 11.1 Å². The van der Waals surface area contributed by atoms with E-state index in [1.165, 1.54) is 0 Å². The average Bonchev–Trinajstić information content (AvgIpc) is 2.50.